The van der Waals surface area contributed by atoms with Crippen molar-refractivity contribution in [1.82, 2.24) is 4.90 Å². The summed E-state index contributed by atoms with van der Waals surface area (Å²) in [4.78, 5) is 2.09. The van der Waals surface area contributed by atoms with Gasteiger partial charge in [0.15, 0.2) is 0 Å². The molecule has 0 saturated heterocycles. The number of hydrogen-bond donors (Lipinski definition) is 0. The number of halogens is 1. The van der Waals surface area contributed by atoms with Crippen LogP contribution in [0.1, 0.15) is 19.8 Å². The quantitative estimate of drug-likeness (QED) is 0.717. The van der Waals surface area contributed by atoms with Gasteiger partial charge in [0, 0.05) is 0 Å². The van der Waals surface area contributed by atoms with E-state index < -0.39 is 0 Å². The molecule has 0 radical (unpaired) electrons. The van der Waals surface area contributed by atoms with Crippen LogP contribution in [0.2, 0.25) is 0 Å². The van der Waals surface area contributed by atoms with Crippen molar-refractivity contribution in [2.45, 2.75) is 19.8 Å². The van der Waals surface area contributed by atoms with Gasteiger partial charge >= 0.3 is 109 Å². The molecule has 0 heterocycles. The number of hydrogen-bond acceptors (Lipinski definition) is 2. The van der Waals surface area contributed by atoms with Gasteiger partial charge in [-0.3, -0.25) is 0 Å². The monoisotopic (exact) mass is 311 g/mol. The summed E-state index contributed by atoms with van der Waals surface area (Å²) in [6.07, 6.45) is 3.91. The van der Waals surface area contributed by atoms with Crippen molar-refractivity contribution in [2.24, 2.45) is 0 Å². The Balaban J connectivity index is 4.37. The van der Waals surface area contributed by atoms with E-state index in [1.165, 1.54) is 5.70 Å². The molecule has 0 aromatic carbocycles. The fourth-order valence-corrected chi connectivity index (χ4v) is 1.60. The van der Waals surface area contributed by atoms with E-state index in [2.05, 4.69) is 43.3 Å². The zero-order chi connectivity index (χ0) is 11.8. The van der Waals surface area contributed by atoms with Gasteiger partial charge in [-0.15, -0.1) is 0 Å². The van der Waals surface area contributed by atoms with Crippen LogP contribution < -0.4 is 0 Å². The van der Waals surface area contributed by atoms with Crippen molar-refractivity contribution in [3.05, 3.63) is 22.8 Å². The van der Waals surface area contributed by atoms with Crippen molar-refractivity contribution in [2.75, 3.05) is 20.7 Å². The molecule has 0 atom stereocenters. The Kier molecular flexibility index (Phi) is 8.36. The van der Waals surface area contributed by atoms with E-state index in [9.17, 15) is 0 Å². The van der Waals surface area contributed by atoms with Gasteiger partial charge in [0.2, 0.25) is 0 Å². The number of nitrogens with zero attached hydrogens (tertiary/aromatic N) is 1. The molecule has 0 bridgehead atoms. The van der Waals surface area contributed by atoms with Crippen LogP contribution in [0.3, 0.4) is 0 Å². The summed E-state index contributed by atoms with van der Waals surface area (Å²) < 4.78 is 7.21. The predicted octanol–water partition coefficient (Wildman–Crippen LogP) is 2.83. The Morgan fingerprint density at radius 3 is 2.47 bits per heavy atom. The van der Waals surface area contributed by atoms with E-state index >= 15 is 0 Å². The molecule has 0 aliphatic carbocycles. The van der Waals surface area contributed by atoms with Crippen LogP contribution in [0.25, 0.3) is 0 Å². The Morgan fingerprint density at radius 2 is 2.07 bits per heavy atom. The van der Waals surface area contributed by atoms with E-state index in [-0.39, 0.29) is 0 Å². The minimum atomic E-state index is 0.685. The second kappa shape index (κ2) is 8.29. The third-order valence-corrected chi connectivity index (χ3v) is 2.56. The third-order valence-electron chi connectivity index (χ3n) is 1.80. The van der Waals surface area contributed by atoms with Crippen LogP contribution in [-0.2, 0) is 20.6 Å². The van der Waals surface area contributed by atoms with Crippen molar-refractivity contribution in [1.29, 1.82) is 0 Å². The topological polar surface area (TPSA) is 12.5 Å². The molecule has 0 unspecified atom stereocenters. The first-order valence-corrected chi connectivity index (χ1v) is 6.28. The van der Waals surface area contributed by atoms with Crippen LogP contribution in [0, 0.1) is 0 Å². The zero-order valence-corrected chi connectivity index (χ0v) is 12.4. The average Bonchev–Trinajstić information content (AvgIpc) is 2.11. The summed E-state index contributed by atoms with van der Waals surface area (Å²) in [5.74, 6) is 0. The SMILES string of the molecule is C=C(Br)CC/C(=C\[C](=[Cr])OCC)N(C)C. The summed E-state index contributed by atoms with van der Waals surface area (Å²) >= 11 is 6.27. The van der Waals surface area contributed by atoms with Gasteiger partial charge in [-0.05, 0) is 0 Å². The molecule has 0 fully saturated rings. The summed E-state index contributed by atoms with van der Waals surface area (Å²) in [6.45, 7) is 6.49. The molecule has 4 heteroatoms. The van der Waals surface area contributed by atoms with Crippen molar-refractivity contribution in [3.63, 3.8) is 0 Å². The fraction of sp³-hybridized carbons (Fsp3) is 0.545. The van der Waals surface area contributed by atoms with Crippen LogP contribution in [0.4, 0.5) is 0 Å². The van der Waals surface area contributed by atoms with Gasteiger partial charge < -0.3 is 0 Å². The standard InChI is InChI=1S/C11H18BrNO.Cr/c1-5-14-9-8-11(13(3)4)7-6-10(2)12;/h8H,2,5-7H2,1,3-4H3;/b11-8+;. The Hall–Kier alpha value is 0.122. The molecule has 0 aliphatic heterocycles. The molecule has 0 amide bonds. The second-order valence-corrected chi connectivity index (χ2v) is 5.05. The van der Waals surface area contributed by atoms with Gasteiger partial charge in [-0.2, -0.15) is 0 Å². The number of rotatable bonds is 7. The van der Waals surface area contributed by atoms with Crippen molar-refractivity contribution in [3.8, 4) is 0 Å². The molecule has 0 N–H and O–H groups in total. The molecule has 0 aromatic heterocycles. The molecule has 0 rings (SSSR count). The van der Waals surface area contributed by atoms with Gasteiger partial charge in [-0.25, -0.2) is 0 Å². The van der Waals surface area contributed by atoms with E-state index in [0.29, 0.717) is 6.61 Å². The second-order valence-electron chi connectivity index (χ2n) is 3.30. The molecule has 0 aromatic rings. The van der Waals surface area contributed by atoms with Gasteiger partial charge in [0.05, 0.1) is 0 Å². The fourth-order valence-electron chi connectivity index (χ4n) is 1.01. The summed E-state index contributed by atoms with van der Waals surface area (Å²) in [5.41, 5.74) is 1.22. The summed E-state index contributed by atoms with van der Waals surface area (Å²) in [7, 11) is 4.06. The normalized spacial score (nSPS) is 11.3. The molecule has 0 spiro atoms. The molecule has 86 valence electrons. The van der Waals surface area contributed by atoms with Crippen LogP contribution >= 0.6 is 15.9 Å². The molecule has 0 saturated carbocycles. The number of allylic oxidation sites excluding steroid dienone is 2. The Bertz CT molecular complexity index is 261. The van der Waals surface area contributed by atoms with Gasteiger partial charge in [0.1, 0.15) is 0 Å². The van der Waals surface area contributed by atoms with E-state index in [1.54, 1.807) is 0 Å². The van der Waals surface area contributed by atoms with E-state index in [0.717, 1.165) is 21.9 Å². The average molecular weight is 312 g/mol. The molecular weight excluding hydrogens is 294 g/mol. The zero-order valence-electron chi connectivity index (χ0n) is 9.55. The first kappa shape index (κ1) is 15.1. The maximum absolute atomic E-state index is 5.35. The minimum absolute atomic E-state index is 0.685. The molecule has 2 nitrogen and oxygen atoms in total. The molecule has 0 aliphatic rings. The summed E-state index contributed by atoms with van der Waals surface area (Å²) in [6, 6.07) is 0. The first-order chi connectivity index (χ1) is 6.97. The Morgan fingerprint density at radius 1 is 1.47 bits per heavy atom. The van der Waals surface area contributed by atoms with Crippen molar-refractivity contribution >= 4 is 20.5 Å². The Labute approximate surface area is 109 Å². The summed E-state index contributed by atoms with van der Waals surface area (Å²) in [5, 5.41) is 0. The van der Waals surface area contributed by atoms with E-state index in [1.807, 2.05) is 27.1 Å². The van der Waals surface area contributed by atoms with Crippen LogP contribution in [0.5, 0.6) is 0 Å². The maximum atomic E-state index is 5.35. The first-order valence-electron chi connectivity index (χ1n) is 4.85. The van der Waals surface area contributed by atoms with Crippen LogP contribution in [0.15, 0.2) is 22.8 Å². The van der Waals surface area contributed by atoms with Crippen LogP contribution in [-0.4, -0.2) is 30.2 Å². The van der Waals surface area contributed by atoms with Crippen molar-refractivity contribution < 1.29 is 20.6 Å². The van der Waals surface area contributed by atoms with E-state index in [4.69, 9.17) is 4.74 Å². The molecule has 15 heavy (non-hydrogen) atoms. The molecular formula is C11H18BrCrNO. The predicted molar refractivity (Wildman–Crippen MR) is 65.7 cm³/mol. The van der Waals surface area contributed by atoms with Gasteiger partial charge in [-0.1, -0.05) is 0 Å². The third kappa shape index (κ3) is 7.98. The number of ether oxygens (including phenoxy) is 1. The van der Waals surface area contributed by atoms with Gasteiger partial charge in [0.25, 0.3) is 0 Å².